The van der Waals surface area contributed by atoms with Crippen molar-refractivity contribution >= 4 is 21.6 Å². The van der Waals surface area contributed by atoms with Crippen LogP contribution in [0.3, 0.4) is 0 Å². The number of hydrogen-bond acceptors (Lipinski definition) is 2. The minimum Gasteiger partial charge on any atom is -0.212 e. The van der Waals surface area contributed by atoms with Gasteiger partial charge in [0.25, 0.3) is 0 Å². The van der Waals surface area contributed by atoms with E-state index in [9.17, 15) is 8.42 Å². The lowest BCUT2D eigenvalue weighted by atomic mass is 10.0. The Morgan fingerprint density at radius 2 is 1.76 bits per heavy atom. The average Bonchev–Trinajstić information content (AvgIpc) is 2.48. The number of hydrogen-bond donors (Lipinski definition) is 0. The Hall–Kier alpha value is -0.580. The van der Waals surface area contributed by atoms with Crippen LogP contribution >= 0.6 is 11.6 Å². The Morgan fingerprint density at radius 1 is 1.14 bits per heavy atom. The van der Waals surface area contributed by atoms with E-state index in [2.05, 4.69) is 13.8 Å². The molecule has 0 aliphatic rings. The predicted molar refractivity (Wildman–Crippen MR) is 89.9 cm³/mol. The summed E-state index contributed by atoms with van der Waals surface area (Å²) in [5.41, 5.74) is 1.75. The Kier molecular flexibility index (Phi) is 7.71. The largest absolute Gasteiger partial charge is 0.218 e. The molecule has 0 saturated carbocycles. The van der Waals surface area contributed by atoms with Gasteiger partial charge in [0.05, 0.1) is 5.75 Å². The van der Waals surface area contributed by atoms with Crippen LogP contribution in [0.5, 0.6) is 0 Å². The zero-order chi connectivity index (χ0) is 15.9. The maximum atomic E-state index is 12.6. The number of rotatable bonds is 9. The Labute approximate surface area is 134 Å². The normalized spacial score (nSPS) is 12.3. The number of alkyl halides is 1. The van der Waals surface area contributed by atoms with Gasteiger partial charge in [-0.2, -0.15) is 0 Å². The van der Waals surface area contributed by atoms with Gasteiger partial charge in [0.2, 0.25) is 10.0 Å². The summed E-state index contributed by atoms with van der Waals surface area (Å²) in [6, 6.07) is 7.48. The second-order valence-corrected chi connectivity index (χ2v) is 7.58. The molecule has 1 aromatic carbocycles. The zero-order valence-electron chi connectivity index (χ0n) is 13.2. The van der Waals surface area contributed by atoms with E-state index in [1.54, 1.807) is 4.31 Å². The smallest absolute Gasteiger partial charge is 0.212 e. The van der Waals surface area contributed by atoms with Crippen molar-refractivity contribution in [3.8, 4) is 0 Å². The fourth-order valence-electron chi connectivity index (χ4n) is 2.38. The van der Waals surface area contributed by atoms with Gasteiger partial charge in [-0.15, -0.1) is 11.6 Å². The van der Waals surface area contributed by atoms with Crippen molar-refractivity contribution in [3.63, 3.8) is 0 Å². The Bertz CT molecular complexity index is 527. The molecule has 21 heavy (non-hydrogen) atoms. The molecule has 0 saturated heterocycles. The first-order valence-electron chi connectivity index (χ1n) is 7.58. The van der Waals surface area contributed by atoms with Crippen LogP contribution < -0.4 is 0 Å². The first-order valence-corrected chi connectivity index (χ1v) is 9.72. The van der Waals surface area contributed by atoms with Crippen LogP contribution in [0.4, 0.5) is 0 Å². The highest BCUT2D eigenvalue weighted by molar-refractivity contribution is 7.88. The van der Waals surface area contributed by atoms with E-state index in [0.29, 0.717) is 24.9 Å². The van der Waals surface area contributed by atoms with Gasteiger partial charge < -0.3 is 0 Å². The molecule has 0 heterocycles. The summed E-state index contributed by atoms with van der Waals surface area (Å²) < 4.78 is 26.8. The summed E-state index contributed by atoms with van der Waals surface area (Å²) in [5, 5.41) is 0. The molecule has 0 amide bonds. The van der Waals surface area contributed by atoms with Gasteiger partial charge >= 0.3 is 0 Å². The standard InChI is InChI=1S/C16H26ClNO2S/c1-4-14(5-2)12-18(6-3)21(19,20)13-16-9-7-8-15(10-16)11-17/h7-10,14H,4-6,11-13H2,1-3H3. The van der Waals surface area contributed by atoms with E-state index < -0.39 is 10.0 Å². The van der Waals surface area contributed by atoms with E-state index in [-0.39, 0.29) is 5.75 Å². The molecule has 1 aromatic rings. The van der Waals surface area contributed by atoms with E-state index in [1.807, 2.05) is 31.2 Å². The molecule has 0 unspecified atom stereocenters. The van der Waals surface area contributed by atoms with E-state index in [1.165, 1.54) is 0 Å². The van der Waals surface area contributed by atoms with Crippen LogP contribution in [0.25, 0.3) is 0 Å². The minimum absolute atomic E-state index is 0.0473. The highest BCUT2D eigenvalue weighted by atomic mass is 35.5. The van der Waals surface area contributed by atoms with Crippen LogP contribution in [-0.4, -0.2) is 25.8 Å². The van der Waals surface area contributed by atoms with Crippen LogP contribution in [0.2, 0.25) is 0 Å². The zero-order valence-corrected chi connectivity index (χ0v) is 14.8. The van der Waals surface area contributed by atoms with Crippen molar-refractivity contribution in [2.24, 2.45) is 5.92 Å². The molecule has 0 spiro atoms. The van der Waals surface area contributed by atoms with Crippen molar-refractivity contribution in [1.82, 2.24) is 4.31 Å². The first-order chi connectivity index (χ1) is 9.96. The molecular weight excluding hydrogens is 306 g/mol. The summed E-state index contributed by atoms with van der Waals surface area (Å²) in [6.07, 6.45) is 2.01. The quantitative estimate of drug-likeness (QED) is 0.641. The summed E-state index contributed by atoms with van der Waals surface area (Å²) >= 11 is 5.81. The molecule has 0 bridgehead atoms. The van der Waals surface area contributed by atoms with Crippen molar-refractivity contribution in [2.75, 3.05) is 13.1 Å². The maximum Gasteiger partial charge on any atom is 0.218 e. The van der Waals surface area contributed by atoms with Crippen molar-refractivity contribution in [2.45, 2.75) is 45.2 Å². The third-order valence-electron chi connectivity index (χ3n) is 3.86. The lowest BCUT2D eigenvalue weighted by molar-refractivity contribution is 0.339. The van der Waals surface area contributed by atoms with Gasteiger partial charge in [-0.3, -0.25) is 0 Å². The fourth-order valence-corrected chi connectivity index (χ4v) is 4.16. The van der Waals surface area contributed by atoms with Gasteiger partial charge in [0.15, 0.2) is 0 Å². The number of nitrogens with zero attached hydrogens (tertiary/aromatic N) is 1. The van der Waals surface area contributed by atoms with E-state index >= 15 is 0 Å². The summed E-state index contributed by atoms with van der Waals surface area (Å²) in [6.45, 7) is 7.25. The molecule has 1 rings (SSSR count). The van der Waals surface area contributed by atoms with Crippen LogP contribution in [0, 0.1) is 5.92 Å². The molecule has 0 atom stereocenters. The van der Waals surface area contributed by atoms with Crippen molar-refractivity contribution in [3.05, 3.63) is 35.4 Å². The molecule has 0 aromatic heterocycles. The highest BCUT2D eigenvalue weighted by Gasteiger charge is 2.23. The molecule has 120 valence electrons. The maximum absolute atomic E-state index is 12.6. The fraction of sp³-hybridized carbons (Fsp3) is 0.625. The Morgan fingerprint density at radius 3 is 2.29 bits per heavy atom. The number of sulfonamides is 1. The summed E-state index contributed by atoms with van der Waals surface area (Å²) in [7, 11) is -3.28. The summed E-state index contributed by atoms with van der Waals surface area (Å²) in [5.74, 6) is 0.874. The predicted octanol–water partition coefficient (Wildman–Crippen LogP) is 4.01. The van der Waals surface area contributed by atoms with Gasteiger partial charge in [0, 0.05) is 19.0 Å². The lowest BCUT2D eigenvalue weighted by Crippen LogP contribution is -2.35. The first kappa shape index (κ1) is 18.5. The number of benzene rings is 1. The monoisotopic (exact) mass is 331 g/mol. The van der Waals surface area contributed by atoms with Gasteiger partial charge in [-0.1, -0.05) is 57.9 Å². The topological polar surface area (TPSA) is 37.4 Å². The van der Waals surface area contributed by atoms with E-state index in [0.717, 1.165) is 24.0 Å². The molecule has 0 aliphatic heterocycles. The molecule has 3 nitrogen and oxygen atoms in total. The molecule has 0 radical (unpaired) electrons. The van der Waals surface area contributed by atoms with Crippen LogP contribution in [0.15, 0.2) is 24.3 Å². The second-order valence-electron chi connectivity index (χ2n) is 5.34. The Balaban J connectivity index is 2.86. The lowest BCUT2D eigenvalue weighted by Gasteiger charge is -2.25. The molecule has 0 aliphatic carbocycles. The van der Waals surface area contributed by atoms with Gasteiger partial charge in [0.1, 0.15) is 0 Å². The third-order valence-corrected chi connectivity index (χ3v) is 6.06. The van der Waals surface area contributed by atoms with Gasteiger partial charge in [-0.25, -0.2) is 12.7 Å². The van der Waals surface area contributed by atoms with Crippen LogP contribution in [-0.2, 0) is 21.7 Å². The van der Waals surface area contributed by atoms with Crippen molar-refractivity contribution < 1.29 is 8.42 Å². The summed E-state index contributed by atoms with van der Waals surface area (Å²) in [4.78, 5) is 0. The van der Waals surface area contributed by atoms with Crippen molar-refractivity contribution in [1.29, 1.82) is 0 Å². The van der Waals surface area contributed by atoms with Gasteiger partial charge in [-0.05, 0) is 17.0 Å². The molecule has 5 heteroatoms. The third kappa shape index (κ3) is 5.61. The SMILES string of the molecule is CCC(CC)CN(CC)S(=O)(=O)Cc1cccc(CCl)c1. The molecule has 0 fully saturated rings. The molecule has 0 N–H and O–H groups in total. The average molecular weight is 332 g/mol. The number of halogens is 1. The van der Waals surface area contributed by atoms with Crippen LogP contribution in [0.1, 0.15) is 44.7 Å². The highest BCUT2D eigenvalue weighted by Crippen LogP contribution is 2.17. The van der Waals surface area contributed by atoms with E-state index in [4.69, 9.17) is 11.6 Å². The second kappa shape index (κ2) is 8.76. The minimum atomic E-state index is -3.28. The molecular formula is C16H26ClNO2S.